The number of halogens is 2. The van der Waals surface area contributed by atoms with Gasteiger partial charge >= 0.3 is 0 Å². The van der Waals surface area contributed by atoms with Gasteiger partial charge in [-0.25, -0.2) is 9.97 Å². The van der Waals surface area contributed by atoms with Crippen molar-refractivity contribution in [1.82, 2.24) is 25.2 Å². The average molecular weight is 1280 g/mol. The molecule has 4 aromatic carbocycles. The van der Waals surface area contributed by atoms with Gasteiger partial charge in [0.05, 0.1) is 64.5 Å². The number of anilines is 1. The minimum Gasteiger partial charge on any atom is -0.491 e. The number of nitrogens with zero attached hydrogens (tertiary/aromatic N) is 4. The van der Waals surface area contributed by atoms with Crippen LogP contribution in [-0.2, 0) is 43.0 Å². The largest absolute Gasteiger partial charge is 0.491 e. The molecule has 3 aromatic heterocycles. The van der Waals surface area contributed by atoms with Crippen molar-refractivity contribution < 1.29 is 37.7 Å². The number of para-hydroxylation sites is 2. The lowest BCUT2D eigenvalue weighted by Crippen LogP contribution is -2.24. The molecule has 7 aromatic rings. The Kier molecular flexibility index (Phi) is 22.1. The quantitative estimate of drug-likeness (QED) is 0.0190. The van der Waals surface area contributed by atoms with Crippen molar-refractivity contribution in [2.75, 3.05) is 91.0 Å². The molecule has 16 heteroatoms. The van der Waals surface area contributed by atoms with Crippen LogP contribution in [0, 0.1) is 19.0 Å². The Labute approximate surface area is 484 Å². The van der Waals surface area contributed by atoms with Gasteiger partial charge in [-0.15, -0.1) is 0 Å². The molecular formula is C62H68I2N6O8. The van der Waals surface area contributed by atoms with Crippen LogP contribution in [-0.4, -0.2) is 123 Å². The van der Waals surface area contributed by atoms with Gasteiger partial charge in [-0.1, -0.05) is 48.2 Å². The van der Waals surface area contributed by atoms with E-state index in [4.69, 9.17) is 38.1 Å². The maximum Gasteiger partial charge on any atom is 0.220 e. The van der Waals surface area contributed by atoms with Crippen LogP contribution < -0.4 is 15.4 Å². The Balaban J connectivity index is 0.574. The molecule has 0 bridgehead atoms. The van der Waals surface area contributed by atoms with E-state index >= 15 is 0 Å². The number of unbranched alkanes of at least 4 members (excludes halogenated alkanes) is 2. The lowest BCUT2D eigenvalue weighted by atomic mass is 9.98. The molecule has 1 aliphatic heterocycles. The van der Waals surface area contributed by atoms with Crippen molar-refractivity contribution in [1.29, 1.82) is 0 Å². The second kappa shape index (κ2) is 30.2. The fourth-order valence-electron chi connectivity index (χ4n) is 9.92. The van der Waals surface area contributed by atoms with Gasteiger partial charge in [0.1, 0.15) is 29.5 Å². The fourth-order valence-corrected chi connectivity index (χ4v) is 12.0. The summed E-state index contributed by atoms with van der Waals surface area (Å²) in [6, 6.07) is 30.1. The summed E-state index contributed by atoms with van der Waals surface area (Å²) in [6.45, 7) is 8.55. The second-order valence-corrected chi connectivity index (χ2v) is 21.9. The molecule has 0 radical (unpaired) electrons. The summed E-state index contributed by atoms with van der Waals surface area (Å²) in [5, 5.41) is 8.55. The zero-order chi connectivity index (χ0) is 53.7. The van der Waals surface area contributed by atoms with E-state index in [-0.39, 0.29) is 17.7 Å². The minimum absolute atomic E-state index is 0.00423. The number of carbonyl (C=O) groups excluding carboxylic acids is 2. The Morgan fingerprint density at radius 3 is 2.27 bits per heavy atom. The van der Waals surface area contributed by atoms with E-state index in [1.807, 2.05) is 66.7 Å². The van der Waals surface area contributed by atoms with Crippen LogP contribution in [0.5, 0.6) is 5.75 Å². The summed E-state index contributed by atoms with van der Waals surface area (Å²) in [5.41, 5.74) is 7.21. The maximum atomic E-state index is 14.1. The van der Waals surface area contributed by atoms with Gasteiger partial charge in [0.2, 0.25) is 5.91 Å². The fraction of sp³-hybridized carbons (Fsp3) is 0.403. The zero-order valence-corrected chi connectivity index (χ0v) is 48.5. The van der Waals surface area contributed by atoms with Crippen molar-refractivity contribution in [2.45, 2.75) is 76.7 Å². The average Bonchev–Trinajstić information content (AvgIpc) is 4.30. The van der Waals surface area contributed by atoms with Crippen molar-refractivity contribution in [3.05, 3.63) is 144 Å². The molecule has 2 aliphatic rings. The summed E-state index contributed by atoms with van der Waals surface area (Å²) in [7, 11) is 0. The van der Waals surface area contributed by atoms with E-state index in [1.165, 1.54) is 37.1 Å². The minimum atomic E-state index is -0.0862. The van der Waals surface area contributed by atoms with Gasteiger partial charge in [0.25, 0.3) is 0 Å². The van der Waals surface area contributed by atoms with E-state index < -0.39 is 0 Å². The number of ketones is 1. The first-order valence-corrected chi connectivity index (χ1v) is 29.5. The highest BCUT2D eigenvalue weighted by Gasteiger charge is 2.25. The number of fused-ring (bicyclic) bond motifs is 3. The molecule has 4 heterocycles. The van der Waals surface area contributed by atoms with Crippen LogP contribution >= 0.6 is 45.2 Å². The van der Waals surface area contributed by atoms with E-state index in [2.05, 4.69) is 102 Å². The number of aromatic nitrogens is 3. The Hall–Kier alpha value is -5.53. The lowest BCUT2D eigenvalue weighted by molar-refractivity contribution is -0.121. The van der Waals surface area contributed by atoms with Crippen molar-refractivity contribution in [3.8, 4) is 29.0 Å². The molecule has 2 N–H and O–H groups in total. The summed E-state index contributed by atoms with van der Waals surface area (Å²) in [5.74, 6) is 9.23. The van der Waals surface area contributed by atoms with E-state index in [0.29, 0.717) is 114 Å². The molecule has 9 rings (SSSR count). The third-order valence-corrected chi connectivity index (χ3v) is 15.4. The monoisotopic (exact) mass is 1280 g/mol. The third kappa shape index (κ3) is 16.5. The topological polar surface area (TPSA) is 159 Å². The number of rotatable bonds is 30. The number of likely N-dealkylation sites (tertiary alicyclic amines) is 1. The number of aryl methyl sites for hydroxylation is 1. The Morgan fingerprint density at radius 1 is 0.731 bits per heavy atom. The molecular weight excluding hydrogens is 1210 g/mol. The number of nitrogens with one attached hydrogen (secondary N) is 2. The predicted molar refractivity (Wildman–Crippen MR) is 321 cm³/mol. The Bertz CT molecular complexity index is 3130. The van der Waals surface area contributed by atoms with Crippen molar-refractivity contribution in [2.24, 2.45) is 0 Å². The van der Waals surface area contributed by atoms with Crippen LogP contribution in [0.25, 0.3) is 33.3 Å². The standard InChI is InChI=1S/C62H68I2N6O8/c63-52-41-48(42-53(64)60(52)77-31-13-28-70-26-7-8-27-70)59(72)58-51-17-3-5-19-55(51)78-56(58)20-10-21-57(71)66-25-6-1-9-29-73-32-34-75-36-37-76-35-33-74-30-12-14-44-22-23-45-39-49(40-47(45)38-44)67-62-50-16-2-4-18-54(50)68-61(69-62)46-15-11-24-65-43-46/h2-5,11,15-19,22-24,38,41-43,49H,1,6-10,13,20-21,25-37,39-40H2,(H,66,71)(H,67,68,69). The summed E-state index contributed by atoms with van der Waals surface area (Å²) in [4.78, 5) is 43.4. The first kappa shape index (κ1) is 57.2. The Morgan fingerprint density at radius 2 is 1.47 bits per heavy atom. The number of furan rings is 1. The second-order valence-electron chi connectivity index (χ2n) is 19.6. The molecule has 0 saturated carbocycles. The number of hydrogen-bond acceptors (Lipinski definition) is 13. The van der Waals surface area contributed by atoms with Gasteiger partial charge in [-0.2, -0.15) is 0 Å². The highest BCUT2D eigenvalue weighted by molar-refractivity contribution is 14.1. The zero-order valence-electron chi connectivity index (χ0n) is 44.2. The van der Waals surface area contributed by atoms with Gasteiger partial charge in [0.15, 0.2) is 11.6 Å². The highest BCUT2D eigenvalue weighted by atomic mass is 127. The smallest absolute Gasteiger partial charge is 0.220 e. The first-order valence-electron chi connectivity index (χ1n) is 27.4. The maximum absolute atomic E-state index is 14.1. The van der Waals surface area contributed by atoms with Gasteiger partial charge in [0, 0.05) is 78.4 Å². The molecule has 408 valence electrons. The molecule has 0 spiro atoms. The van der Waals surface area contributed by atoms with Crippen molar-refractivity contribution >= 4 is 84.6 Å². The highest BCUT2D eigenvalue weighted by Crippen LogP contribution is 2.34. The predicted octanol–water partition coefficient (Wildman–Crippen LogP) is 11.0. The van der Waals surface area contributed by atoms with E-state index in [9.17, 15) is 9.59 Å². The first-order chi connectivity index (χ1) is 38.4. The van der Waals surface area contributed by atoms with Crippen LogP contribution in [0.15, 0.2) is 108 Å². The SMILES string of the molecule is O=C(CCCc1oc2ccccc2c1C(=O)c1cc(I)c(OCCCN2CCCC2)c(I)c1)NCCCCCOCCOCCOCCOCC#Cc1ccc2c(c1)CC(Nc1nc(-c3cccnc3)nc3ccccc13)C2. The number of amides is 1. The molecule has 1 atom stereocenters. The lowest BCUT2D eigenvalue weighted by Gasteiger charge is -2.16. The summed E-state index contributed by atoms with van der Waals surface area (Å²) >= 11 is 4.53. The number of hydrogen-bond donors (Lipinski definition) is 2. The molecule has 14 nitrogen and oxygen atoms in total. The number of pyridine rings is 1. The van der Waals surface area contributed by atoms with E-state index in [1.54, 1.807) is 12.4 Å². The number of carbonyl (C=O) groups is 2. The molecule has 1 unspecified atom stereocenters. The summed E-state index contributed by atoms with van der Waals surface area (Å²) < 4.78 is 37.0. The van der Waals surface area contributed by atoms with Crippen LogP contribution in [0.1, 0.15) is 89.7 Å². The van der Waals surface area contributed by atoms with Gasteiger partial charge in [-0.3, -0.25) is 14.6 Å². The third-order valence-electron chi connectivity index (χ3n) is 13.8. The summed E-state index contributed by atoms with van der Waals surface area (Å²) in [6.07, 6.45) is 13.0. The van der Waals surface area contributed by atoms with E-state index in [0.717, 1.165) is 91.2 Å². The van der Waals surface area contributed by atoms with Crippen LogP contribution in [0.4, 0.5) is 5.82 Å². The molecule has 1 saturated heterocycles. The van der Waals surface area contributed by atoms with Crippen molar-refractivity contribution in [3.63, 3.8) is 0 Å². The number of ether oxygens (including phenoxy) is 5. The normalized spacial score (nSPS) is 14.2. The van der Waals surface area contributed by atoms with Crippen LogP contribution in [0.2, 0.25) is 0 Å². The van der Waals surface area contributed by atoms with Gasteiger partial charge in [-0.05, 0) is 182 Å². The van der Waals surface area contributed by atoms with Crippen LogP contribution in [0.3, 0.4) is 0 Å². The molecule has 78 heavy (non-hydrogen) atoms. The molecule has 1 aliphatic carbocycles. The molecule has 1 amide bonds. The van der Waals surface area contributed by atoms with Gasteiger partial charge < -0.3 is 43.6 Å². The number of benzene rings is 4. The molecule has 1 fully saturated rings.